The summed E-state index contributed by atoms with van der Waals surface area (Å²) in [5.41, 5.74) is 0. The van der Waals surface area contributed by atoms with Gasteiger partial charge < -0.3 is 4.90 Å². The van der Waals surface area contributed by atoms with Gasteiger partial charge in [-0.25, -0.2) is 0 Å². The number of hydrogen-bond donors (Lipinski definition) is 0. The van der Waals surface area contributed by atoms with E-state index in [1.54, 1.807) is 0 Å². The van der Waals surface area contributed by atoms with Crippen LogP contribution in [0.3, 0.4) is 0 Å². The molecule has 0 N–H and O–H groups in total. The van der Waals surface area contributed by atoms with Crippen LogP contribution in [0.1, 0.15) is 27.7 Å². The summed E-state index contributed by atoms with van der Waals surface area (Å²) >= 11 is 0. The van der Waals surface area contributed by atoms with Gasteiger partial charge in [0.05, 0.1) is 0 Å². The second-order valence-electron chi connectivity index (χ2n) is 5.12. The van der Waals surface area contributed by atoms with E-state index in [0.717, 1.165) is 27.7 Å². The van der Waals surface area contributed by atoms with Gasteiger partial charge in [0.1, 0.15) is 0 Å². The SMILES string of the molecule is CC(C)N(C(=O)C(F)(F)C(F)(F)C(F)(F)C(F)(F)F)C(C)C. The Labute approximate surface area is 120 Å². The number of carbonyl (C=O) groups excluding carboxylic acids is 1. The van der Waals surface area contributed by atoms with Crippen molar-refractivity contribution >= 4 is 5.91 Å². The molecule has 22 heavy (non-hydrogen) atoms. The Kier molecular flexibility index (Phi) is 5.50. The van der Waals surface area contributed by atoms with Gasteiger partial charge in [-0.3, -0.25) is 4.79 Å². The van der Waals surface area contributed by atoms with Crippen molar-refractivity contribution in [3.63, 3.8) is 0 Å². The molecule has 132 valence electrons. The number of halogens is 9. The van der Waals surface area contributed by atoms with Crippen molar-refractivity contribution in [1.29, 1.82) is 0 Å². The number of rotatable bonds is 5. The summed E-state index contributed by atoms with van der Waals surface area (Å²) in [6, 6.07) is -2.23. The van der Waals surface area contributed by atoms with Gasteiger partial charge >= 0.3 is 23.9 Å². The van der Waals surface area contributed by atoms with Crippen LogP contribution in [-0.2, 0) is 4.79 Å². The van der Waals surface area contributed by atoms with E-state index in [0.29, 0.717) is 0 Å². The lowest BCUT2D eigenvalue weighted by molar-refractivity contribution is -0.389. The molecule has 0 rings (SSSR count). The zero-order valence-electron chi connectivity index (χ0n) is 11.9. The number of alkyl halides is 9. The van der Waals surface area contributed by atoms with Crippen LogP contribution in [0.2, 0.25) is 0 Å². The average molecular weight is 347 g/mol. The first-order chi connectivity index (χ1) is 9.43. The molecule has 0 aliphatic carbocycles. The van der Waals surface area contributed by atoms with Gasteiger partial charge in [-0.05, 0) is 27.7 Å². The highest BCUT2D eigenvalue weighted by molar-refractivity contribution is 5.85. The van der Waals surface area contributed by atoms with Crippen molar-refractivity contribution in [2.24, 2.45) is 0 Å². The molecule has 0 aromatic rings. The second kappa shape index (κ2) is 5.80. The van der Waals surface area contributed by atoms with Crippen molar-refractivity contribution < 1.29 is 44.3 Å². The smallest absolute Gasteiger partial charge is 0.332 e. The van der Waals surface area contributed by atoms with E-state index in [2.05, 4.69) is 0 Å². The third-order valence-corrected chi connectivity index (χ3v) is 2.76. The summed E-state index contributed by atoms with van der Waals surface area (Å²) in [6.45, 7) is 4.48. The van der Waals surface area contributed by atoms with Crippen LogP contribution < -0.4 is 0 Å². The van der Waals surface area contributed by atoms with Gasteiger partial charge in [-0.15, -0.1) is 0 Å². The van der Waals surface area contributed by atoms with Crippen LogP contribution in [0.4, 0.5) is 39.5 Å². The molecule has 0 aromatic carbocycles. The van der Waals surface area contributed by atoms with E-state index < -0.39 is 41.9 Å². The third-order valence-electron chi connectivity index (χ3n) is 2.76. The lowest BCUT2D eigenvalue weighted by Crippen LogP contribution is -2.66. The zero-order valence-corrected chi connectivity index (χ0v) is 11.9. The molecule has 1 amide bonds. The predicted octanol–water partition coefficient (Wildman–Crippen LogP) is 4.10. The molecule has 11 heteroatoms. The van der Waals surface area contributed by atoms with Gasteiger partial charge in [0, 0.05) is 12.1 Å². The van der Waals surface area contributed by atoms with Gasteiger partial charge in [0.25, 0.3) is 5.91 Å². The molecule has 0 saturated heterocycles. The Morgan fingerprint density at radius 3 is 1.27 bits per heavy atom. The largest absolute Gasteiger partial charge is 0.460 e. The molecule has 0 aliphatic rings. The molecule has 0 radical (unpaired) electrons. The maximum atomic E-state index is 13.5. The highest BCUT2D eigenvalue weighted by Gasteiger charge is 2.84. The monoisotopic (exact) mass is 347 g/mol. The van der Waals surface area contributed by atoms with Crippen molar-refractivity contribution in [2.75, 3.05) is 0 Å². The van der Waals surface area contributed by atoms with Crippen molar-refractivity contribution in [1.82, 2.24) is 4.90 Å². The first kappa shape index (κ1) is 20.8. The molecule has 0 bridgehead atoms. The summed E-state index contributed by atoms with van der Waals surface area (Å²) in [6.07, 6.45) is -6.94. The summed E-state index contributed by atoms with van der Waals surface area (Å²) in [4.78, 5) is 11.6. The summed E-state index contributed by atoms with van der Waals surface area (Å²) in [5.74, 6) is -23.0. The standard InChI is InChI=1S/C11H14F9NO/c1-5(2)21(6(3)4)7(22)8(12,13)9(14,15)10(16,17)11(18,19)20/h5-6H,1-4H3. The normalized spacial score (nSPS) is 14.7. The highest BCUT2D eigenvalue weighted by atomic mass is 19.4. The molecule has 0 heterocycles. The van der Waals surface area contributed by atoms with Crippen molar-refractivity contribution in [3.05, 3.63) is 0 Å². The Hall–Kier alpha value is -1.16. The lowest BCUT2D eigenvalue weighted by atomic mass is 10.0. The fourth-order valence-electron chi connectivity index (χ4n) is 1.74. The summed E-state index contributed by atoms with van der Waals surface area (Å²) < 4.78 is 114. The quantitative estimate of drug-likeness (QED) is 0.686. The first-order valence-corrected chi connectivity index (χ1v) is 5.95. The minimum absolute atomic E-state index is 0.111. The molecule has 0 saturated carbocycles. The fraction of sp³-hybridized carbons (Fsp3) is 0.909. The van der Waals surface area contributed by atoms with Crippen LogP contribution >= 0.6 is 0 Å². The maximum Gasteiger partial charge on any atom is 0.460 e. The number of hydrogen-bond acceptors (Lipinski definition) is 1. The lowest BCUT2D eigenvalue weighted by Gasteiger charge is -2.38. The number of nitrogens with zero attached hydrogens (tertiary/aromatic N) is 1. The van der Waals surface area contributed by atoms with Crippen LogP contribution in [0.5, 0.6) is 0 Å². The third kappa shape index (κ3) is 3.12. The molecule has 0 aliphatic heterocycles. The van der Waals surface area contributed by atoms with Crippen LogP contribution in [-0.4, -0.2) is 46.8 Å². The van der Waals surface area contributed by atoms with Gasteiger partial charge in [-0.1, -0.05) is 0 Å². The number of carbonyl (C=O) groups is 1. The fourth-order valence-corrected chi connectivity index (χ4v) is 1.74. The molecule has 2 nitrogen and oxygen atoms in total. The summed E-state index contributed by atoms with van der Waals surface area (Å²) in [7, 11) is 0. The highest BCUT2D eigenvalue weighted by Crippen LogP contribution is 2.53. The molecular weight excluding hydrogens is 333 g/mol. The van der Waals surface area contributed by atoms with Crippen LogP contribution in [0.25, 0.3) is 0 Å². The minimum atomic E-state index is -7.07. The van der Waals surface area contributed by atoms with E-state index >= 15 is 0 Å². The molecule has 0 spiro atoms. The van der Waals surface area contributed by atoms with Gasteiger partial charge in [-0.2, -0.15) is 39.5 Å². The van der Waals surface area contributed by atoms with E-state index in [9.17, 15) is 44.3 Å². The maximum absolute atomic E-state index is 13.5. The average Bonchev–Trinajstić information content (AvgIpc) is 2.25. The van der Waals surface area contributed by atoms with Gasteiger partial charge in [0.2, 0.25) is 0 Å². The Bertz CT molecular complexity index is 406. The summed E-state index contributed by atoms with van der Waals surface area (Å²) in [5, 5.41) is 0. The van der Waals surface area contributed by atoms with Crippen molar-refractivity contribution in [2.45, 2.75) is 63.7 Å². The molecule has 0 aromatic heterocycles. The molecule has 0 fully saturated rings. The Balaban J connectivity index is 5.95. The number of amides is 1. The van der Waals surface area contributed by atoms with Crippen LogP contribution in [0.15, 0.2) is 0 Å². The molecule has 0 unspecified atom stereocenters. The van der Waals surface area contributed by atoms with E-state index in [1.807, 2.05) is 0 Å². The Morgan fingerprint density at radius 1 is 0.727 bits per heavy atom. The van der Waals surface area contributed by atoms with Crippen molar-refractivity contribution in [3.8, 4) is 0 Å². The van der Waals surface area contributed by atoms with Crippen LogP contribution in [0, 0.1) is 0 Å². The topological polar surface area (TPSA) is 20.3 Å². The van der Waals surface area contributed by atoms with E-state index in [1.165, 1.54) is 0 Å². The first-order valence-electron chi connectivity index (χ1n) is 5.95. The van der Waals surface area contributed by atoms with Gasteiger partial charge in [0.15, 0.2) is 0 Å². The minimum Gasteiger partial charge on any atom is -0.332 e. The molecule has 0 atom stereocenters. The van der Waals surface area contributed by atoms with E-state index in [4.69, 9.17) is 0 Å². The van der Waals surface area contributed by atoms with E-state index in [-0.39, 0.29) is 4.90 Å². The predicted molar refractivity (Wildman–Crippen MR) is 58.0 cm³/mol. The zero-order chi connectivity index (χ0) is 18.3. The Morgan fingerprint density at radius 2 is 1.05 bits per heavy atom. The molecular formula is C11H14F9NO. The second-order valence-corrected chi connectivity index (χ2v) is 5.12.